The van der Waals surface area contributed by atoms with E-state index in [9.17, 15) is 0 Å². The minimum absolute atomic E-state index is 0.925. The Hall–Kier alpha value is -17.4. The molecule has 26 aromatic carbocycles. The van der Waals surface area contributed by atoms with Gasteiger partial charge in [-0.2, -0.15) is 0 Å². The van der Waals surface area contributed by atoms with Crippen molar-refractivity contribution in [3.63, 3.8) is 0 Å². The van der Waals surface area contributed by atoms with E-state index in [0.29, 0.717) is 0 Å². The van der Waals surface area contributed by atoms with Gasteiger partial charge in [0.1, 0.15) is 11.2 Å². The molecule has 1 aromatic heterocycles. The summed E-state index contributed by atoms with van der Waals surface area (Å²) < 4.78 is 6.10. The van der Waals surface area contributed by atoms with Crippen LogP contribution >= 0.6 is 0 Å². The monoisotopic (exact) mass is 1690 g/mol. The Bertz CT molecular complexity index is 8850. The van der Waals surface area contributed by atoms with Gasteiger partial charge in [-0.15, -0.1) is 0 Å². The Labute approximate surface area is 771 Å². The summed E-state index contributed by atoms with van der Waals surface area (Å²) in [6.07, 6.45) is 0. The van der Waals surface area contributed by atoms with Crippen molar-refractivity contribution in [2.45, 2.75) is 0 Å². The van der Waals surface area contributed by atoms with Gasteiger partial charge in [-0.1, -0.05) is 491 Å². The number of hydrogen-bond acceptors (Lipinski definition) is 1. The Morgan fingerprint density at radius 3 is 0.669 bits per heavy atom. The predicted octanol–water partition coefficient (Wildman–Crippen LogP) is 37.5. The second-order valence-corrected chi connectivity index (χ2v) is 34.5. The standard InChI is InChI=1S/C40H26.C34H22.C32H20O.C26H18/c1-2-12-31-26-32(25-22-27(31)10-1)28-20-23-30(24-21-28)39-35-15-5-7-17-37(35)40(38-18-8-6-16-36(38)39)34-19-9-13-29-11-3-4-14-33(29)34;1-2-12-25-22-26(21-20-23(25)10-1)33-29-15-5-7-17-31(29)34(32-18-8-6-16-30(32)33)28-19-9-13-24-11-3-4-14-27(24)28;1-2-10-21(11-3-1)31-24-13-4-6-15-26(24)32(27-16-7-5-14-25(27)31)22-18-19-30-28(20-22)23-12-8-9-17-29(23)33-30;1-3-11-19(12-4-1)25-21-15-7-9-17-23(21)26(20-13-5-2-6-14-20)24-18-10-8-16-22(24)25/h1-26H;1-22H;1-20H;1-18H. The molecule has 0 saturated heterocycles. The molecule has 0 unspecified atom stereocenters. The van der Waals surface area contributed by atoms with Gasteiger partial charge in [0.15, 0.2) is 0 Å². The number of rotatable bonds is 9. The molecule has 0 amide bonds. The zero-order valence-electron chi connectivity index (χ0n) is 73.1. The van der Waals surface area contributed by atoms with Crippen LogP contribution in [0, 0.1) is 0 Å². The van der Waals surface area contributed by atoms with Crippen molar-refractivity contribution < 1.29 is 4.42 Å². The Morgan fingerprint density at radius 2 is 0.316 bits per heavy atom. The van der Waals surface area contributed by atoms with E-state index in [1.54, 1.807) is 0 Å². The molecule has 1 nitrogen and oxygen atoms in total. The van der Waals surface area contributed by atoms with Crippen molar-refractivity contribution in [3.05, 3.63) is 522 Å². The highest BCUT2D eigenvalue weighted by molar-refractivity contribution is 6.28. The molecule has 27 rings (SSSR count). The van der Waals surface area contributed by atoms with Crippen LogP contribution in [0.5, 0.6) is 0 Å². The summed E-state index contributed by atoms with van der Waals surface area (Å²) in [6, 6.07) is 188. The molecule has 0 radical (unpaired) electrons. The molecule has 620 valence electrons. The SMILES string of the molecule is c1ccc(-c2c3ccccc3c(-c3ccc4oc5ccccc5c4c3)c3ccccc23)cc1.c1ccc(-c2c3ccccc3c(-c3ccccc3)c3ccccc23)cc1.c1ccc2cc(-c3c4ccccc4c(-c4cccc5ccccc45)c4ccccc34)ccc2c1.c1ccc2cc(-c3ccc(-c4c5ccccc5c(-c5cccc6ccccc56)c5ccccc45)cc3)ccc2c1. The first-order valence-electron chi connectivity index (χ1n) is 45.9. The molecule has 0 atom stereocenters. The summed E-state index contributed by atoms with van der Waals surface area (Å²) in [5, 5.41) is 33.1. The van der Waals surface area contributed by atoms with Crippen molar-refractivity contribution >= 4 is 151 Å². The lowest BCUT2D eigenvalue weighted by Crippen LogP contribution is -1.91. The van der Waals surface area contributed by atoms with E-state index in [1.165, 1.54) is 229 Å². The van der Waals surface area contributed by atoms with E-state index < -0.39 is 0 Å². The Balaban J connectivity index is 0.0000000986. The average molecular weight is 1690 g/mol. The number of fused-ring (bicyclic) bond motifs is 15. The van der Waals surface area contributed by atoms with Gasteiger partial charge in [0.2, 0.25) is 0 Å². The zero-order chi connectivity index (χ0) is 88.1. The van der Waals surface area contributed by atoms with Crippen LogP contribution in [0.4, 0.5) is 0 Å². The highest BCUT2D eigenvalue weighted by Gasteiger charge is 2.24. The summed E-state index contributed by atoms with van der Waals surface area (Å²) in [6.45, 7) is 0. The summed E-state index contributed by atoms with van der Waals surface area (Å²) in [5.74, 6) is 0. The van der Waals surface area contributed by atoms with E-state index in [0.717, 1.165) is 21.9 Å². The highest BCUT2D eigenvalue weighted by Crippen LogP contribution is 2.51. The average Bonchev–Trinajstić information content (AvgIpc) is 0.743. The van der Waals surface area contributed by atoms with Crippen molar-refractivity contribution in [2.24, 2.45) is 0 Å². The van der Waals surface area contributed by atoms with Crippen LogP contribution in [-0.2, 0) is 0 Å². The van der Waals surface area contributed by atoms with Gasteiger partial charge in [-0.05, 0) is 260 Å². The molecule has 0 aliphatic carbocycles. The maximum Gasteiger partial charge on any atom is 0.135 e. The van der Waals surface area contributed by atoms with Gasteiger partial charge in [-0.3, -0.25) is 0 Å². The smallest absolute Gasteiger partial charge is 0.135 e. The second kappa shape index (κ2) is 34.3. The van der Waals surface area contributed by atoms with Crippen molar-refractivity contribution in [1.82, 2.24) is 0 Å². The van der Waals surface area contributed by atoms with Crippen LogP contribution in [0.15, 0.2) is 526 Å². The quantitative estimate of drug-likeness (QED) is 0.131. The van der Waals surface area contributed by atoms with Crippen LogP contribution in [0.25, 0.3) is 251 Å². The van der Waals surface area contributed by atoms with E-state index in [2.05, 4.69) is 510 Å². The first-order valence-corrected chi connectivity index (χ1v) is 45.9. The van der Waals surface area contributed by atoms with Gasteiger partial charge in [0.25, 0.3) is 0 Å². The maximum atomic E-state index is 6.10. The molecule has 0 spiro atoms. The molecule has 1 heteroatoms. The van der Waals surface area contributed by atoms with E-state index in [4.69, 9.17) is 4.42 Å². The Morgan fingerprint density at radius 1 is 0.0977 bits per heavy atom. The Kier molecular flexibility index (Phi) is 20.4. The van der Waals surface area contributed by atoms with Crippen molar-refractivity contribution in [2.75, 3.05) is 0 Å². The van der Waals surface area contributed by atoms with Crippen LogP contribution in [-0.4, -0.2) is 0 Å². The van der Waals surface area contributed by atoms with Gasteiger partial charge >= 0.3 is 0 Å². The van der Waals surface area contributed by atoms with Gasteiger partial charge in [0.05, 0.1) is 0 Å². The number of benzene rings is 26. The third-order valence-electron chi connectivity index (χ3n) is 27.0. The lowest BCUT2D eigenvalue weighted by molar-refractivity contribution is 0.669. The summed E-state index contributed by atoms with van der Waals surface area (Å²) in [4.78, 5) is 0. The minimum Gasteiger partial charge on any atom is -0.456 e. The molecule has 0 fully saturated rings. The largest absolute Gasteiger partial charge is 0.456 e. The van der Waals surface area contributed by atoms with Crippen molar-refractivity contribution in [3.8, 4) is 100 Å². The summed E-state index contributed by atoms with van der Waals surface area (Å²) >= 11 is 0. The zero-order valence-corrected chi connectivity index (χ0v) is 73.1. The van der Waals surface area contributed by atoms with Crippen LogP contribution in [0.2, 0.25) is 0 Å². The normalized spacial score (nSPS) is 11.5. The minimum atomic E-state index is 0.925. The molecular weight excluding hydrogens is 1600 g/mol. The lowest BCUT2D eigenvalue weighted by Gasteiger charge is -2.19. The van der Waals surface area contributed by atoms with E-state index >= 15 is 0 Å². The molecule has 27 aromatic rings. The third-order valence-corrected chi connectivity index (χ3v) is 27.0. The molecule has 0 bridgehead atoms. The molecule has 133 heavy (non-hydrogen) atoms. The first-order chi connectivity index (χ1) is 66.0. The molecule has 0 saturated carbocycles. The van der Waals surface area contributed by atoms with E-state index in [1.807, 2.05) is 12.1 Å². The van der Waals surface area contributed by atoms with Crippen molar-refractivity contribution in [1.29, 1.82) is 0 Å². The van der Waals surface area contributed by atoms with Gasteiger partial charge < -0.3 is 4.42 Å². The molecular formula is C132H86O. The predicted molar refractivity (Wildman–Crippen MR) is 572 cm³/mol. The lowest BCUT2D eigenvalue weighted by atomic mass is 9.84. The molecule has 0 aliphatic rings. The van der Waals surface area contributed by atoms with Crippen LogP contribution in [0.3, 0.4) is 0 Å². The summed E-state index contributed by atoms with van der Waals surface area (Å²) in [5.41, 5.74) is 24.8. The third kappa shape index (κ3) is 14.3. The number of para-hydroxylation sites is 1. The highest BCUT2D eigenvalue weighted by atomic mass is 16.3. The molecule has 0 aliphatic heterocycles. The fourth-order valence-electron chi connectivity index (χ4n) is 21.1. The van der Waals surface area contributed by atoms with Crippen LogP contribution in [0.1, 0.15) is 0 Å². The number of furan rings is 1. The topological polar surface area (TPSA) is 13.1 Å². The fourth-order valence-corrected chi connectivity index (χ4v) is 21.1. The molecule has 0 N–H and O–H groups in total. The second-order valence-electron chi connectivity index (χ2n) is 34.5. The first kappa shape index (κ1) is 79.1. The van der Waals surface area contributed by atoms with Gasteiger partial charge in [-0.25, -0.2) is 0 Å². The summed E-state index contributed by atoms with van der Waals surface area (Å²) in [7, 11) is 0. The fraction of sp³-hybridized carbons (Fsp3) is 0. The molecule has 1 heterocycles. The maximum absolute atomic E-state index is 6.10. The van der Waals surface area contributed by atoms with Crippen LogP contribution < -0.4 is 0 Å². The number of hydrogen-bond donors (Lipinski definition) is 0. The van der Waals surface area contributed by atoms with E-state index in [-0.39, 0.29) is 0 Å². The van der Waals surface area contributed by atoms with Gasteiger partial charge in [0, 0.05) is 10.8 Å².